The fraction of sp³-hybridized carbons (Fsp3) is 0.278. The van der Waals surface area contributed by atoms with Gasteiger partial charge in [-0.15, -0.1) is 12.4 Å². The van der Waals surface area contributed by atoms with E-state index < -0.39 is 0 Å². The maximum Gasteiger partial charge on any atom is 0.254 e. The highest BCUT2D eigenvalue weighted by Crippen LogP contribution is 2.20. The van der Waals surface area contributed by atoms with Crippen LogP contribution >= 0.6 is 12.4 Å². The molecule has 2 aromatic rings. The van der Waals surface area contributed by atoms with E-state index in [4.69, 9.17) is 0 Å². The summed E-state index contributed by atoms with van der Waals surface area (Å²) in [6.45, 7) is 4.61. The summed E-state index contributed by atoms with van der Waals surface area (Å²) in [4.78, 5) is 14.5. The lowest BCUT2D eigenvalue weighted by atomic mass is 10.0. The number of hydrogen-bond acceptors (Lipinski definition) is 2. The number of hydrogen-bond donors (Lipinski definition) is 1. The van der Waals surface area contributed by atoms with Crippen LogP contribution in [0.2, 0.25) is 0 Å². The summed E-state index contributed by atoms with van der Waals surface area (Å²) in [7, 11) is 0. The zero-order valence-electron chi connectivity index (χ0n) is 12.7. The minimum atomic E-state index is 0. The normalized spacial score (nSPS) is 17.7. The fourth-order valence-corrected chi connectivity index (χ4v) is 2.74. The Morgan fingerprint density at radius 2 is 1.68 bits per heavy atom. The van der Waals surface area contributed by atoms with Crippen molar-refractivity contribution in [1.29, 1.82) is 0 Å². The summed E-state index contributed by atoms with van der Waals surface area (Å²) in [6.07, 6.45) is 0. The van der Waals surface area contributed by atoms with Crippen LogP contribution in [0.15, 0.2) is 54.6 Å². The molecule has 1 atom stereocenters. The fourth-order valence-electron chi connectivity index (χ4n) is 2.74. The third kappa shape index (κ3) is 3.49. The highest BCUT2D eigenvalue weighted by Gasteiger charge is 2.23. The minimum Gasteiger partial charge on any atom is -0.333 e. The molecule has 4 heteroatoms. The molecule has 1 aliphatic heterocycles. The van der Waals surface area contributed by atoms with E-state index in [-0.39, 0.29) is 24.4 Å². The van der Waals surface area contributed by atoms with Crippen LogP contribution in [0.1, 0.15) is 17.3 Å². The van der Waals surface area contributed by atoms with Gasteiger partial charge in [0.25, 0.3) is 5.91 Å². The number of carbonyl (C=O) groups excluding carboxylic acids is 1. The number of carbonyl (C=O) groups is 1. The molecule has 2 aromatic carbocycles. The molecule has 1 amide bonds. The molecule has 1 fully saturated rings. The van der Waals surface area contributed by atoms with Gasteiger partial charge in [0.05, 0.1) is 0 Å². The highest BCUT2D eigenvalue weighted by molar-refractivity contribution is 5.95. The third-order valence-electron chi connectivity index (χ3n) is 4.00. The minimum absolute atomic E-state index is 0. The van der Waals surface area contributed by atoms with Gasteiger partial charge in [0.1, 0.15) is 0 Å². The van der Waals surface area contributed by atoms with Crippen molar-refractivity contribution in [3.05, 3.63) is 60.2 Å². The lowest BCUT2D eigenvalue weighted by Crippen LogP contribution is -2.52. The van der Waals surface area contributed by atoms with Crippen LogP contribution in [0.4, 0.5) is 0 Å². The molecule has 3 rings (SSSR count). The molecule has 1 N–H and O–H groups in total. The van der Waals surface area contributed by atoms with Crippen molar-refractivity contribution in [3.8, 4) is 11.1 Å². The topological polar surface area (TPSA) is 32.3 Å². The number of nitrogens with zero attached hydrogens (tertiary/aromatic N) is 1. The number of halogens is 1. The van der Waals surface area contributed by atoms with E-state index in [1.165, 1.54) is 5.56 Å². The van der Waals surface area contributed by atoms with Gasteiger partial charge >= 0.3 is 0 Å². The number of piperazine rings is 1. The highest BCUT2D eigenvalue weighted by atomic mass is 35.5. The van der Waals surface area contributed by atoms with Crippen LogP contribution in [0.25, 0.3) is 11.1 Å². The maximum absolute atomic E-state index is 12.6. The Hall–Kier alpha value is -1.84. The molecular weight excluding hydrogens is 296 g/mol. The second-order valence-corrected chi connectivity index (χ2v) is 5.50. The van der Waals surface area contributed by atoms with Gasteiger partial charge in [-0.1, -0.05) is 42.5 Å². The van der Waals surface area contributed by atoms with Gasteiger partial charge in [0.2, 0.25) is 0 Å². The summed E-state index contributed by atoms with van der Waals surface area (Å²) in [5.41, 5.74) is 3.08. The molecular formula is C18H21ClN2O. The van der Waals surface area contributed by atoms with E-state index in [0.29, 0.717) is 0 Å². The van der Waals surface area contributed by atoms with Crippen molar-refractivity contribution < 1.29 is 4.79 Å². The molecule has 1 aliphatic rings. The van der Waals surface area contributed by atoms with E-state index in [2.05, 4.69) is 24.4 Å². The van der Waals surface area contributed by atoms with Crippen molar-refractivity contribution >= 4 is 18.3 Å². The quantitative estimate of drug-likeness (QED) is 0.922. The van der Waals surface area contributed by atoms with E-state index in [1.807, 2.05) is 47.4 Å². The second-order valence-electron chi connectivity index (χ2n) is 5.50. The average molecular weight is 317 g/mol. The van der Waals surface area contributed by atoms with Gasteiger partial charge < -0.3 is 10.2 Å². The zero-order chi connectivity index (χ0) is 14.7. The molecule has 116 valence electrons. The predicted molar refractivity (Wildman–Crippen MR) is 92.5 cm³/mol. The second kappa shape index (κ2) is 7.43. The van der Waals surface area contributed by atoms with Crippen LogP contribution in [-0.4, -0.2) is 36.5 Å². The lowest BCUT2D eigenvalue weighted by Gasteiger charge is -2.34. The Balaban J connectivity index is 0.00000176. The van der Waals surface area contributed by atoms with Crippen LogP contribution < -0.4 is 5.32 Å². The molecule has 0 spiro atoms. The SMILES string of the molecule is C[C@H]1CNCCN1C(=O)c1ccc(-c2ccccc2)cc1.Cl. The van der Waals surface area contributed by atoms with E-state index in [9.17, 15) is 4.79 Å². The zero-order valence-corrected chi connectivity index (χ0v) is 13.5. The van der Waals surface area contributed by atoms with Gasteiger partial charge in [0, 0.05) is 31.2 Å². The standard InChI is InChI=1S/C18H20N2O.ClH/c1-14-13-19-11-12-20(14)18(21)17-9-7-16(8-10-17)15-5-3-2-4-6-15;/h2-10,14,19H,11-13H2,1H3;1H/t14-;/m0./s1. The maximum atomic E-state index is 12.6. The molecule has 1 saturated heterocycles. The van der Waals surface area contributed by atoms with Crippen molar-refractivity contribution in [3.63, 3.8) is 0 Å². The summed E-state index contributed by atoms with van der Waals surface area (Å²) >= 11 is 0. The van der Waals surface area contributed by atoms with Gasteiger partial charge in [-0.05, 0) is 30.2 Å². The van der Waals surface area contributed by atoms with Gasteiger partial charge in [-0.2, -0.15) is 0 Å². The molecule has 22 heavy (non-hydrogen) atoms. The largest absolute Gasteiger partial charge is 0.333 e. The predicted octanol–water partition coefficient (Wildman–Crippen LogP) is 3.21. The Kier molecular flexibility index (Phi) is 5.58. The first kappa shape index (κ1) is 16.5. The van der Waals surface area contributed by atoms with Crippen molar-refractivity contribution in [1.82, 2.24) is 10.2 Å². The molecule has 1 heterocycles. The summed E-state index contributed by atoms with van der Waals surface area (Å²) in [6, 6.07) is 18.4. The monoisotopic (exact) mass is 316 g/mol. The molecule has 0 aromatic heterocycles. The van der Waals surface area contributed by atoms with Gasteiger partial charge in [0.15, 0.2) is 0 Å². The first-order valence-electron chi connectivity index (χ1n) is 7.43. The number of nitrogens with one attached hydrogen (secondary N) is 1. The molecule has 0 saturated carbocycles. The summed E-state index contributed by atoms with van der Waals surface area (Å²) in [5.74, 6) is 0.128. The Morgan fingerprint density at radius 3 is 2.32 bits per heavy atom. The van der Waals surface area contributed by atoms with Crippen molar-refractivity contribution in [2.24, 2.45) is 0 Å². The Morgan fingerprint density at radius 1 is 1.05 bits per heavy atom. The van der Waals surface area contributed by atoms with Crippen LogP contribution in [0, 0.1) is 0 Å². The summed E-state index contributed by atoms with van der Waals surface area (Å²) < 4.78 is 0. The molecule has 0 radical (unpaired) electrons. The van der Waals surface area contributed by atoms with Gasteiger partial charge in [-0.3, -0.25) is 4.79 Å². The van der Waals surface area contributed by atoms with E-state index in [1.54, 1.807) is 0 Å². The molecule has 0 bridgehead atoms. The number of benzene rings is 2. The van der Waals surface area contributed by atoms with Gasteiger partial charge in [-0.25, -0.2) is 0 Å². The van der Waals surface area contributed by atoms with E-state index >= 15 is 0 Å². The Bertz CT molecular complexity index is 613. The Labute approximate surface area is 137 Å². The third-order valence-corrected chi connectivity index (χ3v) is 4.00. The first-order valence-corrected chi connectivity index (χ1v) is 7.43. The van der Waals surface area contributed by atoms with Crippen molar-refractivity contribution in [2.75, 3.05) is 19.6 Å². The number of amides is 1. The first-order chi connectivity index (χ1) is 10.3. The summed E-state index contributed by atoms with van der Waals surface area (Å²) in [5, 5.41) is 3.31. The van der Waals surface area contributed by atoms with Crippen molar-refractivity contribution in [2.45, 2.75) is 13.0 Å². The lowest BCUT2D eigenvalue weighted by molar-refractivity contribution is 0.0656. The number of rotatable bonds is 2. The smallest absolute Gasteiger partial charge is 0.254 e. The van der Waals surface area contributed by atoms with E-state index in [0.717, 1.165) is 30.8 Å². The molecule has 0 unspecified atom stereocenters. The molecule has 3 nitrogen and oxygen atoms in total. The van der Waals surface area contributed by atoms with Crippen LogP contribution in [0.5, 0.6) is 0 Å². The molecule has 0 aliphatic carbocycles. The average Bonchev–Trinajstić information content (AvgIpc) is 2.56. The van der Waals surface area contributed by atoms with Crippen LogP contribution in [0.3, 0.4) is 0 Å². The van der Waals surface area contributed by atoms with Crippen LogP contribution in [-0.2, 0) is 0 Å².